The maximum absolute atomic E-state index is 14.0. The Morgan fingerprint density at radius 2 is 1.53 bits per heavy atom. The zero-order valence-corrected chi connectivity index (χ0v) is 20.1. The molecule has 0 unspecified atom stereocenters. The smallest absolute Gasteiger partial charge is 0.331 e. The first-order valence-corrected chi connectivity index (χ1v) is 11.5. The van der Waals surface area contributed by atoms with Crippen molar-refractivity contribution in [1.29, 1.82) is 0 Å². The number of carbonyl (C=O) groups excluding carboxylic acids is 3. The highest BCUT2D eigenvalue weighted by atomic mass is 16.5. The topological polar surface area (TPSA) is 94.2 Å². The van der Waals surface area contributed by atoms with Crippen LogP contribution in [0.5, 0.6) is 11.5 Å². The number of carbonyl (C=O) groups is 3. The number of esters is 1. The maximum Gasteiger partial charge on any atom is 0.331 e. The maximum atomic E-state index is 14.0. The van der Waals surface area contributed by atoms with Gasteiger partial charge < -0.3 is 14.2 Å². The van der Waals surface area contributed by atoms with E-state index in [2.05, 4.69) is 5.32 Å². The van der Waals surface area contributed by atoms with Gasteiger partial charge in [0, 0.05) is 17.7 Å². The predicted molar refractivity (Wildman–Crippen MR) is 131 cm³/mol. The quantitative estimate of drug-likeness (QED) is 0.422. The molecule has 2 aliphatic heterocycles. The SMILES string of the molecule is COC(=O)[C@@]1(c2ccccc2)N[C@H](c2ccc(OC)cc2OC)[C@@H]2C(=O)N(c3ccccc3)C(=O)[C@H]21. The number of para-hydroxylation sites is 1. The fraction of sp³-hybridized carbons (Fsp3) is 0.250. The number of anilines is 1. The summed E-state index contributed by atoms with van der Waals surface area (Å²) in [5, 5.41) is 3.37. The average Bonchev–Trinajstić information content (AvgIpc) is 3.42. The van der Waals surface area contributed by atoms with Crippen LogP contribution in [0.4, 0.5) is 5.69 Å². The van der Waals surface area contributed by atoms with Crippen LogP contribution in [0, 0.1) is 11.8 Å². The van der Waals surface area contributed by atoms with Gasteiger partial charge in [0.05, 0.1) is 38.9 Å². The molecule has 184 valence electrons. The zero-order valence-electron chi connectivity index (χ0n) is 20.1. The van der Waals surface area contributed by atoms with E-state index in [4.69, 9.17) is 14.2 Å². The Balaban J connectivity index is 1.75. The second kappa shape index (κ2) is 9.13. The molecule has 36 heavy (non-hydrogen) atoms. The van der Waals surface area contributed by atoms with Gasteiger partial charge in [0.1, 0.15) is 11.5 Å². The number of rotatable bonds is 6. The van der Waals surface area contributed by atoms with Crippen LogP contribution in [-0.4, -0.2) is 39.1 Å². The summed E-state index contributed by atoms with van der Waals surface area (Å²) in [5.74, 6) is -2.39. The molecule has 0 aromatic heterocycles. The van der Waals surface area contributed by atoms with Crippen LogP contribution in [0.3, 0.4) is 0 Å². The molecule has 1 N–H and O–H groups in total. The molecule has 2 amide bonds. The van der Waals surface area contributed by atoms with Gasteiger partial charge in [-0.1, -0.05) is 54.6 Å². The van der Waals surface area contributed by atoms with Crippen LogP contribution in [0.2, 0.25) is 0 Å². The monoisotopic (exact) mass is 486 g/mol. The van der Waals surface area contributed by atoms with E-state index in [0.717, 1.165) is 0 Å². The van der Waals surface area contributed by atoms with Gasteiger partial charge in [-0.2, -0.15) is 0 Å². The number of amides is 2. The number of fused-ring (bicyclic) bond motifs is 1. The standard InChI is InChI=1S/C28H26N2O6/c1-34-19-14-15-20(21(16-19)35-2)24-22-23(26(32)30(25(22)31)18-12-8-5-9-13-18)28(29-24,27(33)36-3)17-10-6-4-7-11-17/h4-16,22-24,29H,1-3H3/t22-,23+,24-,28+/m1/s1. The number of hydrogen-bond acceptors (Lipinski definition) is 7. The molecule has 0 aliphatic carbocycles. The van der Waals surface area contributed by atoms with Gasteiger partial charge in [0.2, 0.25) is 11.8 Å². The van der Waals surface area contributed by atoms with Gasteiger partial charge >= 0.3 is 5.97 Å². The van der Waals surface area contributed by atoms with E-state index in [9.17, 15) is 14.4 Å². The molecule has 0 saturated carbocycles. The van der Waals surface area contributed by atoms with Crippen LogP contribution in [0.25, 0.3) is 0 Å². The van der Waals surface area contributed by atoms with Crippen LogP contribution in [0.1, 0.15) is 17.2 Å². The number of methoxy groups -OCH3 is 3. The Morgan fingerprint density at radius 3 is 2.14 bits per heavy atom. The number of nitrogens with one attached hydrogen (secondary N) is 1. The van der Waals surface area contributed by atoms with Crippen molar-refractivity contribution in [3.8, 4) is 11.5 Å². The Morgan fingerprint density at radius 1 is 0.861 bits per heavy atom. The minimum Gasteiger partial charge on any atom is -0.497 e. The molecule has 5 rings (SSSR count). The molecule has 0 spiro atoms. The highest BCUT2D eigenvalue weighted by Crippen LogP contribution is 2.55. The molecule has 2 fully saturated rings. The highest BCUT2D eigenvalue weighted by Gasteiger charge is 2.70. The second-order valence-electron chi connectivity index (χ2n) is 8.75. The van der Waals surface area contributed by atoms with Gasteiger partial charge in [0.25, 0.3) is 0 Å². The molecule has 3 aromatic rings. The molecular weight excluding hydrogens is 460 g/mol. The summed E-state index contributed by atoms with van der Waals surface area (Å²) >= 11 is 0. The van der Waals surface area contributed by atoms with Crippen molar-refractivity contribution in [2.24, 2.45) is 11.8 Å². The minimum atomic E-state index is -1.59. The van der Waals surface area contributed by atoms with E-state index in [-0.39, 0.29) is 0 Å². The van der Waals surface area contributed by atoms with Crippen LogP contribution < -0.4 is 19.7 Å². The number of benzene rings is 3. The molecule has 3 aromatic carbocycles. The van der Waals surface area contributed by atoms with Gasteiger partial charge in [-0.3, -0.25) is 14.9 Å². The number of imide groups is 1. The Labute approximate surface area is 208 Å². The summed E-state index contributed by atoms with van der Waals surface area (Å²) in [6.07, 6.45) is 0. The summed E-state index contributed by atoms with van der Waals surface area (Å²) in [6.45, 7) is 0. The lowest BCUT2D eigenvalue weighted by Gasteiger charge is -2.33. The summed E-state index contributed by atoms with van der Waals surface area (Å²) in [4.78, 5) is 42.8. The Hall–Kier alpha value is -4.17. The molecule has 2 heterocycles. The van der Waals surface area contributed by atoms with E-state index in [1.165, 1.54) is 19.1 Å². The molecule has 2 aliphatic rings. The van der Waals surface area contributed by atoms with Crippen LogP contribution in [0.15, 0.2) is 78.9 Å². The largest absolute Gasteiger partial charge is 0.497 e. The first-order chi connectivity index (χ1) is 17.5. The molecule has 4 atom stereocenters. The van der Waals surface area contributed by atoms with E-state index in [1.807, 2.05) is 12.1 Å². The van der Waals surface area contributed by atoms with Crippen LogP contribution in [-0.2, 0) is 24.7 Å². The van der Waals surface area contributed by atoms with Crippen molar-refractivity contribution in [3.63, 3.8) is 0 Å². The third kappa shape index (κ3) is 3.37. The van der Waals surface area contributed by atoms with E-state index < -0.39 is 41.2 Å². The van der Waals surface area contributed by atoms with Gasteiger partial charge in [-0.15, -0.1) is 0 Å². The molecule has 8 heteroatoms. The van der Waals surface area contributed by atoms with Crippen molar-refractivity contribution >= 4 is 23.5 Å². The van der Waals surface area contributed by atoms with Crippen molar-refractivity contribution in [3.05, 3.63) is 90.0 Å². The number of ether oxygens (including phenoxy) is 3. The van der Waals surface area contributed by atoms with E-state index in [0.29, 0.717) is 28.3 Å². The van der Waals surface area contributed by atoms with Crippen molar-refractivity contribution in [2.75, 3.05) is 26.2 Å². The average molecular weight is 487 g/mol. The van der Waals surface area contributed by atoms with Crippen molar-refractivity contribution in [1.82, 2.24) is 5.32 Å². The van der Waals surface area contributed by atoms with Crippen molar-refractivity contribution in [2.45, 2.75) is 11.6 Å². The minimum absolute atomic E-state index is 0.395. The van der Waals surface area contributed by atoms with E-state index in [1.54, 1.807) is 73.8 Å². The zero-order chi connectivity index (χ0) is 25.4. The molecule has 8 nitrogen and oxygen atoms in total. The van der Waals surface area contributed by atoms with Crippen molar-refractivity contribution < 1.29 is 28.6 Å². The number of hydrogen-bond donors (Lipinski definition) is 1. The number of nitrogens with zero attached hydrogens (tertiary/aromatic N) is 1. The molecule has 2 saturated heterocycles. The summed E-state index contributed by atoms with van der Waals surface area (Å²) < 4.78 is 16.2. The Kier molecular flexibility index (Phi) is 5.97. The van der Waals surface area contributed by atoms with Gasteiger partial charge in [-0.05, 0) is 23.8 Å². The molecule has 0 radical (unpaired) electrons. The third-order valence-corrected chi connectivity index (χ3v) is 7.09. The fourth-order valence-corrected chi connectivity index (χ4v) is 5.51. The first-order valence-electron chi connectivity index (χ1n) is 11.5. The fourth-order valence-electron chi connectivity index (χ4n) is 5.51. The summed E-state index contributed by atoms with van der Waals surface area (Å²) in [5.41, 5.74) is 0.0326. The van der Waals surface area contributed by atoms with Crippen LogP contribution >= 0.6 is 0 Å². The summed E-state index contributed by atoms with van der Waals surface area (Å²) in [7, 11) is 4.35. The lowest BCUT2D eigenvalue weighted by atomic mass is 9.75. The van der Waals surface area contributed by atoms with Gasteiger partial charge in [0.15, 0.2) is 5.54 Å². The summed E-state index contributed by atoms with van der Waals surface area (Å²) in [6, 6.07) is 22.2. The molecule has 0 bridgehead atoms. The molecular formula is C28H26N2O6. The lowest BCUT2D eigenvalue weighted by molar-refractivity contribution is -0.152. The van der Waals surface area contributed by atoms with Gasteiger partial charge in [-0.25, -0.2) is 9.69 Å². The normalized spacial score (nSPS) is 25.0. The lowest BCUT2D eigenvalue weighted by Crippen LogP contribution is -2.53. The predicted octanol–water partition coefficient (Wildman–Crippen LogP) is 3.22. The van der Waals surface area contributed by atoms with E-state index >= 15 is 0 Å². The second-order valence-corrected chi connectivity index (χ2v) is 8.75. The third-order valence-electron chi connectivity index (χ3n) is 7.09. The Bertz CT molecular complexity index is 1310. The first kappa shape index (κ1) is 23.6. The highest BCUT2D eigenvalue weighted by molar-refractivity contribution is 6.24.